The molecule has 2 fully saturated rings. The molecule has 0 saturated heterocycles. The molecule has 8 atom stereocenters. The van der Waals surface area contributed by atoms with Crippen LogP contribution in [0.15, 0.2) is 83.0 Å². The van der Waals surface area contributed by atoms with E-state index in [-0.39, 0.29) is 36.9 Å². The molecule has 0 aromatic heterocycles. The zero-order chi connectivity index (χ0) is 36.6. The molecule has 2 bridgehead atoms. The van der Waals surface area contributed by atoms with Crippen molar-refractivity contribution < 1.29 is 25.2 Å². The summed E-state index contributed by atoms with van der Waals surface area (Å²) in [6.45, 7) is 10.2. The lowest BCUT2D eigenvalue weighted by molar-refractivity contribution is -0.190. The number of allylic oxidation sites excluding steroid dienone is 7. The van der Waals surface area contributed by atoms with Gasteiger partial charge in [0.25, 0.3) is 0 Å². The molecule has 0 amide bonds. The highest BCUT2D eigenvalue weighted by Gasteiger charge is 2.67. The molecule has 1 aromatic rings. The van der Waals surface area contributed by atoms with Gasteiger partial charge in [0, 0.05) is 30.5 Å². The number of hydrogen-bond acceptors (Lipinski definition) is 7. The number of nitrogens with one attached hydrogen (secondary N) is 2. The predicted molar refractivity (Wildman–Crippen MR) is 206 cm³/mol. The van der Waals surface area contributed by atoms with Gasteiger partial charge >= 0.3 is 0 Å². The summed E-state index contributed by atoms with van der Waals surface area (Å²) < 4.78 is 0. The second kappa shape index (κ2) is 17.9. The summed E-state index contributed by atoms with van der Waals surface area (Å²) in [6.07, 6.45) is 17.1. The zero-order valence-electron chi connectivity index (χ0n) is 31.4. The summed E-state index contributed by atoms with van der Waals surface area (Å²) >= 11 is 0. The van der Waals surface area contributed by atoms with Gasteiger partial charge in [0.05, 0.1) is 18.3 Å². The summed E-state index contributed by atoms with van der Waals surface area (Å²) in [5, 5.41) is 52.9. The topological polar surface area (TPSA) is 122 Å². The third-order valence-electron chi connectivity index (χ3n) is 12.9. The average Bonchev–Trinajstić information content (AvgIpc) is 3.47. The first-order valence-corrected chi connectivity index (χ1v) is 19.6. The number of hydrogen-bond donors (Lipinski definition) is 6. The second-order valence-corrected chi connectivity index (χ2v) is 16.2. The van der Waals surface area contributed by atoms with Crippen LogP contribution in [0.25, 0.3) is 0 Å². The van der Waals surface area contributed by atoms with Crippen molar-refractivity contribution >= 4 is 6.29 Å². The molecule has 6 N–H and O–H groups in total. The summed E-state index contributed by atoms with van der Waals surface area (Å²) in [6, 6.07) is 9.29. The fraction of sp³-hybridized carbons (Fsp3) is 0.614. The van der Waals surface area contributed by atoms with Gasteiger partial charge in [-0.3, -0.25) is 4.79 Å². The van der Waals surface area contributed by atoms with Crippen LogP contribution in [-0.2, 0) is 17.6 Å². The molecule has 1 spiro atoms. The largest absolute Gasteiger partial charge is 0.396 e. The van der Waals surface area contributed by atoms with Crippen LogP contribution in [0.5, 0.6) is 0 Å². The highest BCUT2D eigenvalue weighted by Crippen LogP contribution is 2.66. The number of rotatable bonds is 12. The molecular weight excluding hydrogens is 636 g/mol. The van der Waals surface area contributed by atoms with E-state index in [9.17, 15) is 25.2 Å². The number of carbonyl (C=O) groups excluding carboxylic acids is 1. The molecule has 4 aliphatic rings. The molecule has 51 heavy (non-hydrogen) atoms. The molecule has 3 aliphatic carbocycles. The van der Waals surface area contributed by atoms with Gasteiger partial charge in [0.15, 0.2) is 0 Å². The van der Waals surface area contributed by atoms with E-state index >= 15 is 0 Å². The molecule has 5 rings (SSSR count). The monoisotopic (exact) mass is 700 g/mol. The number of aliphatic hydroxyl groups excluding tert-OH is 3. The van der Waals surface area contributed by atoms with Crippen molar-refractivity contribution in [2.45, 2.75) is 109 Å². The fourth-order valence-electron chi connectivity index (χ4n) is 10.3. The molecule has 1 heterocycles. The van der Waals surface area contributed by atoms with Crippen molar-refractivity contribution in [2.75, 3.05) is 33.4 Å². The number of fused-ring (bicyclic) bond motifs is 3. The van der Waals surface area contributed by atoms with E-state index in [0.29, 0.717) is 51.1 Å². The Morgan fingerprint density at radius 2 is 1.96 bits per heavy atom. The van der Waals surface area contributed by atoms with Gasteiger partial charge in [-0.05, 0) is 145 Å². The minimum absolute atomic E-state index is 0.0176. The third-order valence-corrected chi connectivity index (χ3v) is 12.9. The lowest BCUT2D eigenvalue weighted by atomic mass is 9.47. The van der Waals surface area contributed by atoms with Crippen molar-refractivity contribution in [3.05, 3.63) is 94.1 Å². The standard InChI is InChI=1S/C44H64N2O5/c1-30-16-17-35(25-34-11-6-10-33(24-34)23-32(3)46-27-30)31(2)9-5-13-37(28-48)39-18-19-44(42(39)50)40(15-8-22-47)41-36(12-7-14-38(41)29-49)26-43(44,51)20-21-45-4/h5-6,9-11,13,16,24,29,32,35-36,39-40,42,45-48,50-51H,2,7-8,12,14-15,17-23,25-28H2,1,3-4H3. The van der Waals surface area contributed by atoms with Crippen molar-refractivity contribution in [1.29, 1.82) is 0 Å². The second-order valence-electron chi connectivity index (χ2n) is 16.2. The molecule has 7 nitrogen and oxygen atoms in total. The Kier molecular flexibility index (Phi) is 13.9. The normalized spacial score (nSPS) is 33.5. The Labute approximate surface area is 306 Å². The van der Waals surface area contributed by atoms with Crippen LogP contribution >= 0.6 is 0 Å². The SMILES string of the molecule is C=C(C=CC=C(CO)C1CCC2(C(CCCO)C3=C(C=O)CCCC3CC2(O)CCNC)C1O)C1CC=C(C)CNC(C)Cc2cccc(c2)C1. The van der Waals surface area contributed by atoms with Crippen molar-refractivity contribution in [1.82, 2.24) is 10.6 Å². The van der Waals surface area contributed by atoms with Gasteiger partial charge in [-0.2, -0.15) is 0 Å². The quantitative estimate of drug-likeness (QED) is 0.0908. The smallest absolute Gasteiger partial charge is 0.145 e. The first-order valence-electron chi connectivity index (χ1n) is 19.6. The van der Waals surface area contributed by atoms with E-state index in [2.05, 4.69) is 67.5 Å². The third kappa shape index (κ3) is 8.61. The summed E-state index contributed by atoms with van der Waals surface area (Å²) in [5.41, 5.74) is 5.64. The van der Waals surface area contributed by atoms with Crippen LogP contribution in [0.1, 0.15) is 89.2 Å². The van der Waals surface area contributed by atoms with E-state index in [1.165, 1.54) is 16.7 Å². The fourth-order valence-corrected chi connectivity index (χ4v) is 10.3. The minimum Gasteiger partial charge on any atom is -0.396 e. The van der Waals surface area contributed by atoms with Crippen LogP contribution in [0.2, 0.25) is 0 Å². The van der Waals surface area contributed by atoms with Crippen LogP contribution in [-0.4, -0.2) is 77.8 Å². The van der Waals surface area contributed by atoms with Gasteiger partial charge in [-0.25, -0.2) is 0 Å². The van der Waals surface area contributed by atoms with E-state index in [1.54, 1.807) is 0 Å². The predicted octanol–water partition coefficient (Wildman–Crippen LogP) is 5.93. The molecule has 2 saturated carbocycles. The molecule has 280 valence electrons. The average molecular weight is 701 g/mol. The summed E-state index contributed by atoms with van der Waals surface area (Å²) in [7, 11) is 1.88. The van der Waals surface area contributed by atoms with Gasteiger partial charge in [-0.1, -0.05) is 71.9 Å². The lowest BCUT2D eigenvalue weighted by Crippen LogP contribution is -2.63. The first-order chi connectivity index (χ1) is 24.6. The molecule has 1 aliphatic heterocycles. The van der Waals surface area contributed by atoms with Crippen molar-refractivity contribution in [2.24, 2.45) is 29.1 Å². The zero-order valence-corrected chi connectivity index (χ0v) is 31.4. The van der Waals surface area contributed by atoms with Crippen LogP contribution < -0.4 is 10.6 Å². The van der Waals surface area contributed by atoms with Crippen LogP contribution in [0.3, 0.4) is 0 Å². The van der Waals surface area contributed by atoms with Crippen molar-refractivity contribution in [3.8, 4) is 0 Å². The maximum absolute atomic E-state index is 12.8. The highest BCUT2D eigenvalue weighted by molar-refractivity contribution is 5.75. The number of carbonyl (C=O) groups is 1. The summed E-state index contributed by atoms with van der Waals surface area (Å²) in [5.74, 6) is -0.235. The van der Waals surface area contributed by atoms with E-state index < -0.39 is 17.1 Å². The van der Waals surface area contributed by atoms with E-state index in [1.807, 2.05) is 19.2 Å². The van der Waals surface area contributed by atoms with Gasteiger partial charge in [0.1, 0.15) is 6.29 Å². The Bertz CT molecular complexity index is 1490. The molecule has 0 radical (unpaired) electrons. The Hall–Kier alpha value is -2.65. The van der Waals surface area contributed by atoms with Gasteiger partial charge in [0.2, 0.25) is 0 Å². The van der Waals surface area contributed by atoms with Crippen LogP contribution in [0, 0.1) is 29.1 Å². The highest BCUT2D eigenvalue weighted by atomic mass is 16.3. The Balaban J connectivity index is 1.43. The molecular formula is C44H64N2O5. The molecule has 1 aromatic carbocycles. The number of aldehydes is 1. The van der Waals surface area contributed by atoms with Gasteiger partial charge in [-0.15, -0.1) is 0 Å². The van der Waals surface area contributed by atoms with Crippen molar-refractivity contribution in [3.63, 3.8) is 0 Å². The maximum atomic E-state index is 12.8. The van der Waals surface area contributed by atoms with E-state index in [4.69, 9.17) is 0 Å². The number of benzene rings is 1. The minimum atomic E-state index is -1.15. The number of aliphatic hydroxyl groups is 4. The van der Waals surface area contributed by atoms with Crippen LogP contribution in [0.4, 0.5) is 0 Å². The maximum Gasteiger partial charge on any atom is 0.145 e. The Morgan fingerprint density at radius 1 is 1.18 bits per heavy atom. The molecule has 8 unspecified atom stereocenters. The first kappa shape index (κ1) is 39.6. The summed E-state index contributed by atoms with van der Waals surface area (Å²) in [4.78, 5) is 12.4. The van der Waals surface area contributed by atoms with Gasteiger partial charge < -0.3 is 31.1 Å². The molecule has 7 heteroatoms. The lowest BCUT2D eigenvalue weighted by Gasteiger charge is -2.60. The Morgan fingerprint density at radius 3 is 2.69 bits per heavy atom. The van der Waals surface area contributed by atoms with E-state index in [0.717, 1.165) is 73.6 Å².